The zero-order valence-corrected chi connectivity index (χ0v) is 20.1. The van der Waals surface area contributed by atoms with Crippen LogP contribution in [0.4, 0.5) is 22.9 Å². The third-order valence-corrected chi connectivity index (χ3v) is 5.74. The van der Waals surface area contributed by atoms with Crippen molar-refractivity contribution in [3.63, 3.8) is 0 Å². The number of benzene rings is 2. The number of fused-ring (bicyclic) bond motifs is 1. The monoisotopic (exact) mass is 478 g/mol. The topological polar surface area (TPSA) is 112 Å². The summed E-state index contributed by atoms with van der Waals surface area (Å²) < 4.78 is 3.46. The highest BCUT2D eigenvalue weighted by Crippen LogP contribution is 2.28. The maximum Gasteiger partial charge on any atom is 0.178 e. The molecule has 5 aromatic rings. The van der Waals surface area contributed by atoms with Crippen molar-refractivity contribution in [1.29, 1.82) is 5.26 Å². The number of para-hydroxylation sites is 1. The first-order valence-corrected chi connectivity index (χ1v) is 11.6. The molecule has 5 rings (SSSR count). The van der Waals surface area contributed by atoms with Crippen LogP contribution < -0.4 is 10.6 Å². The number of anilines is 4. The molecule has 0 radical (unpaired) electrons. The molecule has 10 nitrogen and oxygen atoms in total. The summed E-state index contributed by atoms with van der Waals surface area (Å²) in [6, 6.07) is 20.1. The molecule has 3 aromatic heterocycles. The zero-order valence-electron chi connectivity index (χ0n) is 20.1. The van der Waals surface area contributed by atoms with Gasteiger partial charge in [0.2, 0.25) is 0 Å². The molecule has 2 N–H and O–H groups in total. The van der Waals surface area contributed by atoms with Crippen molar-refractivity contribution < 1.29 is 0 Å². The smallest absolute Gasteiger partial charge is 0.178 e. The summed E-state index contributed by atoms with van der Waals surface area (Å²) >= 11 is 0. The van der Waals surface area contributed by atoms with Gasteiger partial charge in [-0.05, 0) is 63.3 Å². The largest absolute Gasteiger partial charge is 0.352 e. The SMILES string of the molecule is CN(C)CCCc1ccc(Nc2cc(Nc3ccccc3)c3ncc(C#N)n3n2)cc1-n1cnnc1. The third-order valence-electron chi connectivity index (χ3n) is 5.74. The number of nitrogens with zero attached hydrogens (tertiary/aromatic N) is 8. The van der Waals surface area contributed by atoms with Crippen molar-refractivity contribution in [2.75, 3.05) is 31.3 Å². The standard InChI is InChI=1S/C26H26N10/c1-34(2)12-6-7-19-10-11-21(13-24(19)35-17-29-30-18-35)32-25-14-23(31-20-8-4-3-5-9-20)26-28-16-22(15-27)36(26)33-25/h3-5,8-11,13-14,16-18,31H,6-7,12H2,1-2H3,(H,32,33). The summed E-state index contributed by atoms with van der Waals surface area (Å²) in [5, 5.41) is 28.9. The minimum Gasteiger partial charge on any atom is -0.352 e. The second-order valence-corrected chi connectivity index (χ2v) is 8.67. The summed E-state index contributed by atoms with van der Waals surface area (Å²) in [6.45, 7) is 1.01. The van der Waals surface area contributed by atoms with E-state index in [4.69, 9.17) is 0 Å². The van der Waals surface area contributed by atoms with E-state index in [1.165, 1.54) is 11.8 Å². The Morgan fingerprint density at radius 2 is 1.78 bits per heavy atom. The molecule has 180 valence electrons. The van der Waals surface area contributed by atoms with Gasteiger partial charge >= 0.3 is 0 Å². The van der Waals surface area contributed by atoms with Crippen LogP contribution in [0.2, 0.25) is 0 Å². The van der Waals surface area contributed by atoms with Gasteiger partial charge in [-0.2, -0.15) is 9.78 Å². The predicted molar refractivity (Wildman–Crippen MR) is 139 cm³/mol. The zero-order chi connectivity index (χ0) is 24.9. The molecule has 0 atom stereocenters. The first-order valence-electron chi connectivity index (χ1n) is 11.6. The third kappa shape index (κ3) is 5.01. The molecule has 0 unspecified atom stereocenters. The van der Waals surface area contributed by atoms with Gasteiger partial charge in [0.25, 0.3) is 0 Å². The fourth-order valence-electron chi connectivity index (χ4n) is 4.03. The van der Waals surface area contributed by atoms with E-state index in [9.17, 15) is 5.26 Å². The number of aryl methyl sites for hydroxylation is 1. The highest BCUT2D eigenvalue weighted by Gasteiger charge is 2.13. The van der Waals surface area contributed by atoms with Crippen LogP contribution in [0.15, 0.2) is 73.4 Å². The molecule has 0 saturated carbocycles. The molecule has 0 amide bonds. The van der Waals surface area contributed by atoms with Crippen molar-refractivity contribution in [3.8, 4) is 11.8 Å². The average molecular weight is 479 g/mol. The number of nitriles is 1. The van der Waals surface area contributed by atoms with E-state index in [0.717, 1.165) is 42.1 Å². The molecule has 3 heterocycles. The number of nitrogens with one attached hydrogen (secondary N) is 2. The normalized spacial score (nSPS) is 11.1. The van der Waals surface area contributed by atoms with Crippen LogP contribution in [0.5, 0.6) is 0 Å². The Labute approximate surface area is 208 Å². The van der Waals surface area contributed by atoms with Crippen molar-refractivity contribution in [3.05, 3.63) is 84.7 Å². The van der Waals surface area contributed by atoms with Gasteiger partial charge in [-0.3, -0.25) is 4.57 Å². The first-order chi connectivity index (χ1) is 17.6. The molecule has 36 heavy (non-hydrogen) atoms. The van der Waals surface area contributed by atoms with Crippen LogP contribution in [0, 0.1) is 11.3 Å². The summed E-state index contributed by atoms with van der Waals surface area (Å²) in [5.41, 5.74) is 5.64. The van der Waals surface area contributed by atoms with Gasteiger partial charge in [-0.15, -0.1) is 15.3 Å². The Morgan fingerprint density at radius 1 is 0.972 bits per heavy atom. The van der Waals surface area contributed by atoms with Crippen LogP contribution in [-0.4, -0.2) is 54.9 Å². The number of aromatic nitrogens is 6. The summed E-state index contributed by atoms with van der Waals surface area (Å²) in [6.07, 6.45) is 6.90. The van der Waals surface area contributed by atoms with Gasteiger partial charge in [-0.1, -0.05) is 24.3 Å². The summed E-state index contributed by atoms with van der Waals surface area (Å²) in [4.78, 5) is 6.58. The van der Waals surface area contributed by atoms with Crippen molar-refractivity contribution in [2.45, 2.75) is 12.8 Å². The lowest BCUT2D eigenvalue weighted by Gasteiger charge is -2.15. The first kappa shape index (κ1) is 23.0. The molecule has 0 fully saturated rings. The summed E-state index contributed by atoms with van der Waals surface area (Å²) in [5.74, 6) is 0.575. The van der Waals surface area contributed by atoms with Crippen LogP contribution in [0.1, 0.15) is 17.7 Å². The van der Waals surface area contributed by atoms with E-state index >= 15 is 0 Å². The fraction of sp³-hybridized carbons (Fsp3) is 0.192. The van der Waals surface area contributed by atoms with Gasteiger partial charge in [0.1, 0.15) is 18.7 Å². The molecule has 0 spiro atoms. The second-order valence-electron chi connectivity index (χ2n) is 8.67. The summed E-state index contributed by atoms with van der Waals surface area (Å²) in [7, 11) is 4.16. The lowest BCUT2D eigenvalue weighted by atomic mass is 10.1. The van der Waals surface area contributed by atoms with E-state index < -0.39 is 0 Å². The van der Waals surface area contributed by atoms with E-state index in [-0.39, 0.29) is 0 Å². The Morgan fingerprint density at radius 3 is 2.53 bits per heavy atom. The van der Waals surface area contributed by atoms with Gasteiger partial charge in [0, 0.05) is 17.4 Å². The lowest BCUT2D eigenvalue weighted by Crippen LogP contribution is -2.14. The second kappa shape index (κ2) is 10.2. The fourth-order valence-corrected chi connectivity index (χ4v) is 4.03. The molecule has 0 aliphatic carbocycles. The molecule has 10 heteroatoms. The Hall–Kier alpha value is -4.75. The average Bonchev–Trinajstić information content (AvgIpc) is 3.56. The molecule has 0 saturated heterocycles. The van der Waals surface area contributed by atoms with Gasteiger partial charge < -0.3 is 15.5 Å². The van der Waals surface area contributed by atoms with Crippen molar-refractivity contribution in [1.82, 2.24) is 34.3 Å². The van der Waals surface area contributed by atoms with Crippen LogP contribution >= 0.6 is 0 Å². The predicted octanol–water partition coefficient (Wildman–Crippen LogP) is 4.16. The lowest BCUT2D eigenvalue weighted by molar-refractivity contribution is 0.400. The highest BCUT2D eigenvalue weighted by atomic mass is 15.3. The molecule has 0 aliphatic rings. The van der Waals surface area contributed by atoms with E-state index in [1.54, 1.807) is 17.2 Å². The maximum absolute atomic E-state index is 9.55. The highest BCUT2D eigenvalue weighted by molar-refractivity contribution is 5.77. The van der Waals surface area contributed by atoms with Crippen LogP contribution in [0.25, 0.3) is 11.3 Å². The van der Waals surface area contributed by atoms with Crippen LogP contribution in [0.3, 0.4) is 0 Å². The number of hydrogen-bond donors (Lipinski definition) is 2. The van der Waals surface area contributed by atoms with Gasteiger partial charge in [0.05, 0.1) is 17.6 Å². The van der Waals surface area contributed by atoms with Crippen molar-refractivity contribution >= 4 is 28.5 Å². The minimum atomic E-state index is 0.353. The molecule has 0 bridgehead atoms. The van der Waals surface area contributed by atoms with Gasteiger partial charge in [-0.25, -0.2) is 4.98 Å². The van der Waals surface area contributed by atoms with E-state index in [1.807, 2.05) is 47.0 Å². The molecular formula is C26H26N10. The molecule has 2 aromatic carbocycles. The molecular weight excluding hydrogens is 452 g/mol. The van der Waals surface area contributed by atoms with E-state index in [2.05, 4.69) is 68.1 Å². The number of imidazole rings is 1. The number of rotatable bonds is 9. The maximum atomic E-state index is 9.55. The minimum absolute atomic E-state index is 0.353. The Bertz CT molecular complexity index is 1500. The number of hydrogen-bond acceptors (Lipinski definition) is 8. The van der Waals surface area contributed by atoms with Gasteiger partial charge in [0.15, 0.2) is 17.2 Å². The van der Waals surface area contributed by atoms with E-state index in [0.29, 0.717) is 17.2 Å². The van der Waals surface area contributed by atoms with Crippen molar-refractivity contribution in [2.24, 2.45) is 0 Å². The Kier molecular flexibility index (Phi) is 6.55. The van der Waals surface area contributed by atoms with Crippen LogP contribution in [-0.2, 0) is 6.42 Å². The molecule has 0 aliphatic heterocycles. The Balaban J connectivity index is 1.49. The quantitative estimate of drug-likeness (QED) is 0.325.